The quantitative estimate of drug-likeness (QED) is 0.412. The normalized spacial score (nSPS) is 10.9. The van der Waals surface area contributed by atoms with Crippen molar-refractivity contribution >= 4 is 23.4 Å². The topological polar surface area (TPSA) is 49.2 Å². The zero-order valence-corrected chi connectivity index (χ0v) is 16.3. The van der Waals surface area contributed by atoms with E-state index in [1.165, 1.54) is 0 Å². The van der Waals surface area contributed by atoms with Crippen LogP contribution in [0.4, 0.5) is 0 Å². The Morgan fingerprint density at radius 2 is 1.85 bits per heavy atom. The number of ether oxygens (including phenoxy) is 2. The molecule has 0 fully saturated rings. The van der Waals surface area contributed by atoms with E-state index in [2.05, 4.69) is 10.2 Å². The fourth-order valence-corrected chi connectivity index (χ4v) is 3.50. The van der Waals surface area contributed by atoms with Gasteiger partial charge in [-0.3, -0.25) is 4.57 Å². The molecule has 0 atom stereocenters. The standard InChI is InChI=1S/C19H20ClN3O2S/c1-3-25-12-13-26-19-22-21-18(16-6-4-5-7-17(16)20)23(19)14-8-10-15(24-2)11-9-14/h4-11H,3,12-13H2,1-2H3. The highest BCUT2D eigenvalue weighted by Gasteiger charge is 2.18. The molecule has 0 N–H and O–H groups in total. The Morgan fingerprint density at radius 1 is 1.08 bits per heavy atom. The number of methoxy groups -OCH3 is 1. The lowest BCUT2D eigenvalue weighted by atomic mass is 10.2. The van der Waals surface area contributed by atoms with E-state index in [1.54, 1.807) is 18.9 Å². The predicted octanol–water partition coefficient (Wildman–Crippen LogP) is 4.72. The third kappa shape index (κ3) is 4.20. The van der Waals surface area contributed by atoms with Gasteiger partial charge < -0.3 is 9.47 Å². The molecule has 0 unspecified atom stereocenters. The van der Waals surface area contributed by atoms with Gasteiger partial charge >= 0.3 is 0 Å². The molecule has 7 heteroatoms. The van der Waals surface area contributed by atoms with Crippen LogP contribution in [0.1, 0.15) is 6.92 Å². The third-order valence-corrected chi connectivity index (χ3v) is 4.96. The summed E-state index contributed by atoms with van der Waals surface area (Å²) in [6, 6.07) is 15.4. The Kier molecular flexibility index (Phi) is 6.55. The Hall–Kier alpha value is -2.02. The SMILES string of the molecule is CCOCCSc1nnc(-c2ccccc2Cl)n1-c1ccc(OC)cc1. The Labute approximate surface area is 162 Å². The average molecular weight is 390 g/mol. The van der Waals surface area contributed by atoms with Gasteiger partial charge in [0.2, 0.25) is 0 Å². The predicted molar refractivity (Wildman–Crippen MR) is 106 cm³/mol. The molecule has 0 saturated carbocycles. The lowest BCUT2D eigenvalue weighted by Gasteiger charge is -2.12. The van der Waals surface area contributed by atoms with Gasteiger partial charge in [-0.15, -0.1) is 10.2 Å². The van der Waals surface area contributed by atoms with Gasteiger partial charge in [-0.2, -0.15) is 0 Å². The molecule has 0 aliphatic heterocycles. The minimum atomic E-state index is 0.639. The number of nitrogens with zero attached hydrogens (tertiary/aromatic N) is 3. The molecule has 1 aromatic heterocycles. The minimum Gasteiger partial charge on any atom is -0.497 e. The van der Waals surface area contributed by atoms with E-state index in [9.17, 15) is 0 Å². The summed E-state index contributed by atoms with van der Waals surface area (Å²) in [5, 5.41) is 10.2. The summed E-state index contributed by atoms with van der Waals surface area (Å²) in [5.41, 5.74) is 1.79. The second kappa shape index (κ2) is 9.07. The number of halogens is 1. The monoisotopic (exact) mass is 389 g/mol. The van der Waals surface area contributed by atoms with Gasteiger partial charge in [0.25, 0.3) is 0 Å². The molecule has 0 radical (unpaired) electrons. The number of benzene rings is 2. The highest BCUT2D eigenvalue weighted by Crippen LogP contribution is 2.32. The number of hydrogen-bond acceptors (Lipinski definition) is 5. The lowest BCUT2D eigenvalue weighted by molar-refractivity contribution is 0.164. The molecule has 0 saturated heterocycles. The zero-order valence-electron chi connectivity index (χ0n) is 14.7. The highest BCUT2D eigenvalue weighted by molar-refractivity contribution is 7.99. The first-order chi connectivity index (χ1) is 12.7. The summed E-state index contributed by atoms with van der Waals surface area (Å²) in [6.45, 7) is 3.36. The molecule has 2 aromatic carbocycles. The number of thioether (sulfide) groups is 1. The lowest BCUT2D eigenvalue weighted by Crippen LogP contribution is -2.02. The van der Waals surface area contributed by atoms with E-state index in [4.69, 9.17) is 21.1 Å². The van der Waals surface area contributed by atoms with E-state index in [1.807, 2.05) is 60.0 Å². The van der Waals surface area contributed by atoms with Crippen LogP contribution < -0.4 is 4.74 Å². The van der Waals surface area contributed by atoms with Crippen molar-refractivity contribution in [3.8, 4) is 22.8 Å². The van der Waals surface area contributed by atoms with Gasteiger partial charge in [-0.1, -0.05) is 35.5 Å². The highest BCUT2D eigenvalue weighted by atomic mass is 35.5. The van der Waals surface area contributed by atoms with Gasteiger partial charge in [0, 0.05) is 23.6 Å². The van der Waals surface area contributed by atoms with Gasteiger partial charge in [0.05, 0.1) is 18.7 Å². The molecule has 136 valence electrons. The van der Waals surface area contributed by atoms with Crippen LogP contribution in [0.5, 0.6) is 5.75 Å². The molecule has 5 nitrogen and oxygen atoms in total. The molecule has 0 bridgehead atoms. The number of rotatable bonds is 8. The Bertz CT molecular complexity index is 852. The van der Waals surface area contributed by atoms with Crippen molar-refractivity contribution < 1.29 is 9.47 Å². The maximum Gasteiger partial charge on any atom is 0.196 e. The molecule has 0 amide bonds. The van der Waals surface area contributed by atoms with Crippen LogP contribution in [0.3, 0.4) is 0 Å². The summed E-state index contributed by atoms with van der Waals surface area (Å²) in [6.07, 6.45) is 0. The second-order valence-electron chi connectivity index (χ2n) is 5.36. The molecule has 3 aromatic rings. The van der Waals surface area contributed by atoms with E-state index < -0.39 is 0 Å². The minimum absolute atomic E-state index is 0.639. The fourth-order valence-electron chi connectivity index (χ4n) is 2.48. The second-order valence-corrected chi connectivity index (χ2v) is 6.83. The number of hydrogen-bond donors (Lipinski definition) is 0. The van der Waals surface area contributed by atoms with E-state index >= 15 is 0 Å². The largest absolute Gasteiger partial charge is 0.497 e. The molecule has 3 rings (SSSR count). The third-order valence-electron chi connectivity index (χ3n) is 3.74. The van der Waals surface area contributed by atoms with Crippen molar-refractivity contribution in [3.63, 3.8) is 0 Å². The van der Waals surface area contributed by atoms with Crippen LogP contribution in [0.2, 0.25) is 5.02 Å². The van der Waals surface area contributed by atoms with Crippen molar-refractivity contribution in [2.45, 2.75) is 12.1 Å². The Balaban J connectivity index is 2.01. The van der Waals surface area contributed by atoms with Crippen LogP contribution >= 0.6 is 23.4 Å². The summed E-state index contributed by atoms with van der Waals surface area (Å²) in [4.78, 5) is 0. The average Bonchev–Trinajstić information content (AvgIpc) is 3.09. The zero-order chi connectivity index (χ0) is 18.4. The van der Waals surface area contributed by atoms with Gasteiger partial charge in [-0.25, -0.2) is 0 Å². The molecule has 0 spiro atoms. The van der Waals surface area contributed by atoms with E-state index in [-0.39, 0.29) is 0 Å². The van der Waals surface area contributed by atoms with E-state index in [0.717, 1.165) is 27.9 Å². The molecule has 1 heterocycles. The Morgan fingerprint density at radius 3 is 2.54 bits per heavy atom. The first-order valence-electron chi connectivity index (χ1n) is 8.30. The van der Waals surface area contributed by atoms with Crippen LogP contribution in [-0.2, 0) is 4.74 Å². The summed E-state index contributed by atoms with van der Waals surface area (Å²) in [7, 11) is 1.65. The van der Waals surface area contributed by atoms with Gasteiger partial charge in [0.15, 0.2) is 11.0 Å². The summed E-state index contributed by atoms with van der Waals surface area (Å²) in [5.74, 6) is 2.30. The molecule has 26 heavy (non-hydrogen) atoms. The van der Waals surface area contributed by atoms with Crippen molar-refractivity contribution in [2.75, 3.05) is 26.1 Å². The van der Waals surface area contributed by atoms with Crippen molar-refractivity contribution in [2.24, 2.45) is 0 Å². The van der Waals surface area contributed by atoms with Crippen molar-refractivity contribution in [1.29, 1.82) is 0 Å². The maximum atomic E-state index is 6.39. The van der Waals surface area contributed by atoms with Crippen LogP contribution in [0.25, 0.3) is 17.1 Å². The first-order valence-corrected chi connectivity index (χ1v) is 9.66. The fraction of sp³-hybridized carbons (Fsp3) is 0.263. The van der Waals surface area contributed by atoms with Crippen LogP contribution in [0.15, 0.2) is 53.7 Å². The first kappa shape index (κ1) is 18.8. The van der Waals surface area contributed by atoms with Crippen LogP contribution in [0, 0.1) is 0 Å². The van der Waals surface area contributed by atoms with E-state index in [0.29, 0.717) is 24.1 Å². The molecule has 0 aliphatic rings. The molecular weight excluding hydrogens is 370 g/mol. The molecule has 0 aliphatic carbocycles. The van der Waals surface area contributed by atoms with Gasteiger partial charge in [-0.05, 0) is 43.3 Å². The van der Waals surface area contributed by atoms with Gasteiger partial charge in [0.1, 0.15) is 5.75 Å². The maximum absolute atomic E-state index is 6.39. The smallest absolute Gasteiger partial charge is 0.196 e. The van der Waals surface area contributed by atoms with Crippen molar-refractivity contribution in [3.05, 3.63) is 53.6 Å². The molecular formula is C19H20ClN3O2S. The van der Waals surface area contributed by atoms with Crippen molar-refractivity contribution in [1.82, 2.24) is 14.8 Å². The number of aromatic nitrogens is 3. The van der Waals surface area contributed by atoms with Crippen LogP contribution in [-0.4, -0.2) is 40.8 Å². The summed E-state index contributed by atoms with van der Waals surface area (Å²) < 4.78 is 12.7. The summed E-state index contributed by atoms with van der Waals surface area (Å²) >= 11 is 8.00.